The molecule has 4 heterocycles. The second-order valence-corrected chi connectivity index (χ2v) is 7.44. The number of aryl methyl sites for hydroxylation is 4. The van der Waals surface area contributed by atoms with E-state index in [-0.39, 0.29) is 0 Å². The number of fused-ring (bicyclic) bond motifs is 1. The number of aromatic nitrogens is 6. The van der Waals surface area contributed by atoms with Gasteiger partial charge in [0.25, 0.3) is 0 Å². The molecule has 1 fully saturated rings. The van der Waals surface area contributed by atoms with Crippen LogP contribution in [-0.4, -0.2) is 42.6 Å². The first-order chi connectivity index (χ1) is 13.6. The zero-order valence-electron chi connectivity index (χ0n) is 16.9. The third kappa shape index (κ3) is 4.03. The van der Waals surface area contributed by atoms with Crippen molar-refractivity contribution in [3.05, 3.63) is 53.1 Å². The molecular weight excluding hydrogens is 350 g/mol. The minimum atomic E-state index is 0.753. The second kappa shape index (κ2) is 8.04. The quantitative estimate of drug-likeness (QED) is 0.615. The van der Waals surface area contributed by atoms with Gasteiger partial charge in [-0.25, -0.2) is 19.5 Å². The predicted octanol–water partition coefficient (Wildman–Crippen LogP) is 3.17. The van der Waals surface area contributed by atoms with Crippen molar-refractivity contribution in [3.63, 3.8) is 0 Å². The first-order valence-corrected chi connectivity index (χ1v) is 10.0. The second-order valence-electron chi connectivity index (χ2n) is 7.44. The van der Waals surface area contributed by atoms with E-state index in [1.54, 1.807) is 0 Å². The van der Waals surface area contributed by atoms with Gasteiger partial charge in [-0.3, -0.25) is 4.98 Å². The van der Waals surface area contributed by atoms with Gasteiger partial charge in [-0.15, -0.1) is 0 Å². The van der Waals surface area contributed by atoms with Crippen LogP contribution in [0.5, 0.6) is 0 Å². The van der Waals surface area contributed by atoms with E-state index < -0.39 is 0 Å². The first kappa shape index (κ1) is 18.5. The number of allylic oxidation sites excluding steroid dienone is 2. The molecule has 7 heteroatoms. The van der Waals surface area contributed by atoms with E-state index in [0.717, 1.165) is 72.5 Å². The van der Waals surface area contributed by atoms with Gasteiger partial charge in [0.15, 0.2) is 11.5 Å². The van der Waals surface area contributed by atoms with Crippen LogP contribution in [0.15, 0.2) is 24.4 Å². The number of hydrogen-bond acceptors (Lipinski definition) is 6. The summed E-state index contributed by atoms with van der Waals surface area (Å²) in [6, 6.07) is 2.09. The lowest BCUT2D eigenvalue weighted by Gasteiger charge is -2.17. The van der Waals surface area contributed by atoms with Gasteiger partial charge in [0, 0.05) is 43.9 Å². The molecule has 3 aromatic heterocycles. The molecule has 4 rings (SSSR count). The fourth-order valence-corrected chi connectivity index (χ4v) is 3.57. The fraction of sp³-hybridized carbons (Fsp3) is 0.476. The van der Waals surface area contributed by atoms with Gasteiger partial charge in [0.1, 0.15) is 11.6 Å². The van der Waals surface area contributed by atoms with Gasteiger partial charge < -0.3 is 4.90 Å². The van der Waals surface area contributed by atoms with E-state index in [1.165, 1.54) is 12.8 Å². The number of anilines is 1. The van der Waals surface area contributed by atoms with Crippen LogP contribution in [0.1, 0.15) is 48.0 Å². The molecule has 1 saturated heterocycles. The summed E-state index contributed by atoms with van der Waals surface area (Å²) in [4.78, 5) is 20.7. The maximum absolute atomic E-state index is 4.75. The first-order valence-electron chi connectivity index (χ1n) is 10.0. The van der Waals surface area contributed by atoms with E-state index in [4.69, 9.17) is 4.98 Å². The van der Waals surface area contributed by atoms with E-state index in [9.17, 15) is 0 Å². The largest absolute Gasteiger partial charge is 0.357 e. The van der Waals surface area contributed by atoms with E-state index in [0.29, 0.717) is 0 Å². The summed E-state index contributed by atoms with van der Waals surface area (Å²) in [5.41, 5.74) is 3.79. The molecule has 1 aliphatic rings. The maximum atomic E-state index is 4.75. The third-order valence-electron chi connectivity index (χ3n) is 5.07. The Kier molecular flexibility index (Phi) is 5.32. The number of nitrogens with zero attached hydrogens (tertiary/aromatic N) is 7. The Morgan fingerprint density at radius 1 is 1.00 bits per heavy atom. The van der Waals surface area contributed by atoms with Crippen molar-refractivity contribution in [1.29, 1.82) is 0 Å². The highest BCUT2D eigenvalue weighted by Gasteiger charge is 2.14. The van der Waals surface area contributed by atoms with Crippen molar-refractivity contribution >= 4 is 11.5 Å². The van der Waals surface area contributed by atoms with Gasteiger partial charge in [0.2, 0.25) is 0 Å². The molecule has 1 aliphatic heterocycles. The van der Waals surface area contributed by atoms with E-state index in [2.05, 4.69) is 43.2 Å². The maximum Gasteiger partial charge on any atom is 0.177 e. The molecule has 0 N–H and O–H groups in total. The monoisotopic (exact) mass is 377 g/mol. The number of rotatable bonds is 6. The standard InChI is InChI=1S/C21H27N7/c1-15-13-20(27-11-7-8-12-27)24-18(23-15)9-5-4-6-10-19-25-21-17(3)22-14-16(2)28(21)26-19/h4-5,13-14H,6-12H2,1-3H3/b5-4-. The molecule has 0 spiro atoms. The molecule has 0 aromatic carbocycles. The van der Waals surface area contributed by atoms with Gasteiger partial charge in [-0.05, 0) is 40.0 Å². The normalized spacial score (nSPS) is 14.6. The Morgan fingerprint density at radius 2 is 1.82 bits per heavy atom. The van der Waals surface area contributed by atoms with Crippen LogP contribution in [0.25, 0.3) is 5.65 Å². The molecule has 0 aliphatic carbocycles. The number of hydrogen-bond donors (Lipinski definition) is 0. The molecule has 0 amide bonds. The Balaban J connectivity index is 1.36. The fourth-order valence-electron chi connectivity index (χ4n) is 3.57. The van der Waals surface area contributed by atoms with Crippen molar-refractivity contribution in [2.75, 3.05) is 18.0 Å². The summed E-state index contributed by atoms with van der Waals surface area (Å²) >= 11 is 0. The molecule has 0 saturated carbocycles. The van der Waals surface area contributed by atoms with Crippen molar-refractivity contribution in [2.24, 2.45) is 0 Å². The highest BCUT2D eigenvalue weighted by Crippen LogP contribution is 2.18. The van der Waals surface area contributed by atoms with Gasteiger partial charge in [0.05, 0.1) is 11.4 Å². The molecule has 0 atom stereocenters. The average Bonchev–Trinajstić information content (AvgIpc) is 3.34. The lowest BCUT2D eigenvalue weighted by atomic mass is 10.2. The summed E-state index contributed by atoms with van der Waals surface area (Å²) in [6.07, 6.45) is 11.1. The molecule has 7 nitrogen and oxygen atoms in total. The highest BCUT2D eigenvalue weighted by atomic mass is 15.3. The van der Waals surface area contributed by atoms with Gasteiger partial charge in [-0.2, -0.15) is 5.10 Å². The van der Waals surface area contributed by atoms with Crippen LogP contribution in [0.2, 0.25) is 0 Å². The summed E-state index contributed by atoms with van der Waals surface area (Å²) in [6.45, 7) is 8.21. The van der Waals surface area contributed by atoms with E-state index >= 15 is 0 Å². The van der Waals surface area contributed by atoms with Gasteiger partial charge in [-0.1, -0.05) is 12.2 Å². The Bertz CT molecular complexity index is 960. The van der Waals surface area contributed by atoms with Crippen LogP contribution in [0.3, 0.4) is 0 Å². The molecular formula is C21H27N7. The molecule has 28 heavy (non-hydrogen) atoms. The van der Waals surface area contributed by atoms with E-state index in [1.807, 2.05) is 31.5 Å². The SMILES string of the molecule is Cc1cc(N2CCCC2)nc(C/C=C\CCc2nc3c(C)ncc(C)n3n2)n1. The van der Waals surface area contributed by atoms with Crippen LogP contribution < -0.4 is 4.90 Å². The third-order valence-corrected chi connectivity index (χ3v) is 5.07. The van der Waals surface area contributed by atoms with Gasteiger partial charge >= 0.3 is 0 Å². The molecule has 146 valence electrons. The zero-order valence-corrected chi connectivity index (χ0v) is 16.9. The Hall–Kier alpha value is -2.83. The summed E-state index contributed by atoms with van der Waals surface area (Å²) in [5.74, 6) is 2.81. The molecule has 0 bridgehead atoms. The lowest BCUT2D eigenvalue weighted by Crippen LogP contribution is -2.20. The topological polar surface area (TPSA) is 72.1 Å². The van der Waals surface area contributed by atoms with Crippen LogP contribution >= 0.6 is 0 Å². The van der Waals surface area contributed by atoms with Crippen LogP contribution in [-0.2, 0) is 12.8 Å². The molecule has 0 unspecified atom stereocenters. The summed E-state index contributed by atoms with van der Waals surface area (Å²) in [7, 11) is 0. The Morgan fingerprint density at radius 3 is 2.61 bits per heavy atom. The molecule has 3 aromatic rings. The lowest BCUT2D eigenvalue weighted by molar-refractivity contribution is 0.825. The summed E-state index contributed by atoms with van der Waals surface area (Å²) in [5, 5.41) is 4.60. The van der Waals surface area contributed by atoms with Crippen LogP contribution in [0, 0.1) is 20.8 Å². The van der Waals surface area contributed by atoms with Crippen LogP contribution in [0.4, 0.5) is 5.82 Å². The van der Waals surface area contributed by atoms with Crippen molar-refractivity contribution in [2.45, 2.75) is 52.9 Å². The van der Waals surface area contributed by atoms with Crippen molar-refractivity contribution < 1.29 is 0 Å². The highest BCUT2D eigenvalue weighted by molar-refractivity contribution is 5.43. The minimum Gasteiger partial charge on any atom is -0.357 e. The average molecular weight is 377 g/mol. The Labute approximate surface area is 165 Å². The minimum absolute atomic E-state index is 0.753. The smallest absolute Gasteiger partial charge is 0.177 e. The predicted molar refractivity (Wildman–Crippen MR) is 110 cm³/mol. The zero-order chi connectivity index (χ0) is 19.5. The summed E-state index contributed by atoms with van der Waals surface area (Å²) < 4.78 is 1.88. The van der Waals surface area contributed by atoms with Crippen molar-refractivity contribution in [1.82, 2.24) is 29.5 Å². The molecule has 0 radical (unpaired) electrons. The van der Waals surface area contributed by atoms with Crippen molar-refractivity contribution in [3.8, 4) is 0 Å².